The van der Waals surface area contributed by atoms with Crippen molar-refractivity contribution in [2.75, 3.05) is 11.1 Å². The normalized spacial score (nSPS) is 17.4. The van der Waals surface area contributed by atoms with Gasteiger partial charge in [-0.15, -0.1) is 0 Å². The molecule has 1 aromatic heterocycles. The first-order valence-corrected chi connectivity index (χ1v) is 7.77. The SMILES string of the molecule is CC(C)(C)C(=O)Nc1nc(C2CCCCC2)c(N)s1. The van der Waals surface area contributed by atoms with Gasteiger partial charge in [-0.25, -0.2) is 4.98 Å². The molecule has 1 heterocycles. The van der Waals surface area contributed by atoms with Crippen molar-refractivity contribution < 1.29 is 4.79 Å². The highest BCUT2D eigenvalue weighted by molar-refractivity contribution is 7.19. The fourth-order valence-corrected chi connectivity index (χ4v) is 3.16. The maximum absolute atomic E-state index is 11.9. The van der Waals surface area contributed by atoms with Crippen LogP contribution < -0.4 is 11.1 Å². The molecule has 1 aromatic rings. The number of nitrogen functional groups attached to an aromatic ring is 1. The molecule has 1 amide bonds. The van der Waals surface area contributed by atoms with Crippen LogP contribution in [0.3, 0.4) is 0 Å². The van der Waals surface area contributed by atoms with Crippen LogP contribution in [0.2, 0.25) is 0 Å². The molecule has 19 heavy (non-hydrogen) atoms. The average Bonchev–Trinajstić information content (AvgIpc) is 2.70. The van der Waals surface area contributed by atoms with E-state index in [1.807, 2.05) is 20.8 Å². The molecule has 0 aromatic carbocycles. The minimum absolute atomic E-state index is 0.0172. The van der Waals surface area contributed by atoms with Gasteiger partial charge in [0.25, 0.3) is 0 Å². The number of aromatic nitrogens is 1. The predicted molar refractivity (Wildman–Crippen MR) is 80.4 cm³/mol. The molecular formula is C14H23N3OS. The number of carbonyl (C=O) groups is 1. The maximum atomic E-state index is 11.9. The van der Waals surface area contributed by atoms with E-state index < -0.39 is 5.41 Å². The number of amides is 1. The number of nitrogens with one attached hydrogen (secondary N) is 1. The summed E-state index contributed by atoms with van der Waals surface area (Å²) in [5, 5.41) is 4.27. The lowest BCUT2D eigenvalue weighted by Gasteiger charge is -2.20. The Morgan fingerprint density at radius 3 is 2.53 bits per heavy atom. The third-order valence-electron chi connectivity index (χ3n) is 3.57. The van der Waals surface area contributed by atoms with Gasteiger partial charge in [-0.05, 0) is 12.8 Å². The Labute approximate surface area is 118 Å². The highest BCUT2D eigenvalue weighted by atomic mass is 32.1. The summed E-state index contributed by atoms with van der Waals surface area (Å²) in [6, 6.07) is 0. The molecule has 0 spiro atoms. The van der Waals surface area contributed by atoms with Gasteiger partial charge in [-0.3, -0.25) is 4.79 Å². The Hall–Kier alpha value is -1.10. The molecule has 1 aliphatic rings. The van der Waals surface area contributed by atoms with Gasteiger partial charge in [-0.2, -0.15) is 0 Å². The molecule has 0 atom stereocenters. The number of hydrogen-bond acceptors (Lipinski definition) is 4. The zero-order chi connectivity index (χ0) is 14.0. The standard InChI is InChI=1S/C14H23N3OS/c1-14(2,3)12(18)17-13-16-10(11(15)19-13)9-7-5-4-6-8-9/h9H,4-8,15H2,1-3H3,(H,16,17,18). The Morgan fingerprint density at radius 2 is 1.95 bits per heavy atom. The van der Waals surface area contributed by atoms with E-state index in [-0.39, 0.29) is 5.91 Å². The fourth-order valence-electron chi connectivity index (χ4n) is 2.35. The lowest BCUT2D eigenvalue weighted by Crippen LogP contribution is -2.27. The van der Waals surface area contributed by atoms with Crippen molar-refractivity contribution >= 4 is 27.4 Å². The number of rotatable bonds is 2. The molecule has 5 heteroatoms. The number of nitrogens with zero attached hydrogens (tertiary/aromatic N) is 1. The van der Waals surface area contributed by atoms with Crippen LogP contribution in [0.5, 0.6) is 0 Å². The van der Waals surface area contributed by atoms with E-state index in [0.717, 1.165) is 10.7 Å². The Balaban J connectivity index is 2.10. The van der Waals surface area contributed by atoms with Gasteiger partial charge in [0.15, 0.2) is 5.13 Å². The quantitative estimate of drug-likeness (QED) is 0.867. The summed E-state index contributed by atoms with van der Waals surface area (Å²) in [5.41, 5.74) is 6.64. The Kier molecular flexibility index (Phi) is 4.13. The van der Waals surface area contributed by atoms with E-state index in [1.165, 1.54) is 43.4 Å². The fraction of sp³-hybridized carbons (Fsp3) is 0.714. The number of hydrogen-bond donors (Lipinski definition) is 2. The summed E-state index contributed by atoms with van der Waals surface area (Å²) in [5.74, 6) is 0.460. The van der Waals surface area contributed by atoms with E-state index in [4.69, 9.17) is 5.73 Å². The summed E-state index contributed by atoms with van der Waals surface area (Å²) in [7, 11) is 0. The van der Waals surface area contributed by atoms with E-state index in [0.29, 0.717) is 11.0 Å². The molecule has 0 aliphatic heterocycles. The molecule has 0 saturated heterocycles. The molecule has 0 radical (unpaired) electrons. The van der Waals surface area contributed by atoms with Crippen LogP contribution in [0.4, 0.5) is 10.1 Å². The Bertz CT molecular complexity index is 456. The summed E-state index contributed by atoms with van der Waals surface area (Å²) in [6.45, 7) is 5.67. The van der Waals surface area contributed by atoms with Crippen molar-refractivity contribution in [2.45, 2.75) is 58.8 Å². The van der Waals surface area contributed by atoms with Gasteiger partial charge < -0.3 is 11.1 Å². The van der Waals surface area contributed by atoms with E-state index in [2.05, 4.69) is 10.3 Å². The van der Waals surface area contributed by atoms with Crippen LogP contribution in [0.25, 0.3) is 0 Å². The topological polar surface area (TPSA) is 68.0 Å². The van der Waals surface area contributed by atoms with Crippen molar-refractivity contribution in [3.63, 3.8) is 0 Å². The van der Waals surface area contributed by atoms with Crippen molar-refractivity contribution in [1.29, 1.82) is 0 Å². The number of nitrogens with two attached hydrogens (primary N) is 1. The van der Waals surface area contributed by atoms with E-state index in [9.17, 15) is 4.79 Å². The zero-order valence-electron chi connectivity index (χ0n) is 12.0. The first kappa shape index (κ1) is 14.3. The minimum atomic E-state index is -0.411. The molecule has 4 nitrogen and oxygen atoms in total. The lowest BCUT2D eigenvalue weighted by molar-refractivity contribution is -0.123. The zero-order valence-corrected chi connectivity index (χ0v) is 12.8. The number of anilines is 2. The molecule has 1 saturated carbocycles. The van der Waals surface area contributed by atoms with Gasteiger partial charge in [0.05, 0.1) is 5.69 Å². The van der Waals surface area contributed by atoms with Crippen molar-refractivity contribution in [1.82, 2.24) is 4.98 Å². The van der Waals surface area contributed by atoms with Crippen LogP contribution in [0.15, 0.2) is 0 Å². The van der Waals surface area contributed by atoms with Gasteiger partial charge in [0.2, 0.25) is 5.91 Å². The second-order valence-electron chi connectivity index (χ2n) is 6.31. The van der Waals surface area contributed by atoms with Crippen LogP contribution in [-0.2, 0) is 4.79 Å². The highest BCUT2D eigenvalue weighted by Gasteiger charge is 2.25. The second kappa shape index (κ2) is 5.49. The highest BCUT2D eigenvalue weighted by Crippen LogP contribution is 2.38. The largest absolute Gasteiger partial charge is 0.389 e. The van der Waals surface area contributed by atoms with Gasteiger partial charge in [-0.1, -0.05) is 51.4 Å². The molecule has 3 N–H and O–H groups in total. The van der Waals surface area contributed by atoms with Gasteiger partial charge in [0, 0.05) is 11.3 Å². The number of carbonyl (C=O) groups excluding carboxylic acids is 1. The van der Waals surface area contributed by atoms with Gasteiger partial charge in [0.1, 0.15) is 5.00 Å². The van der Waals surface area contributed by atoms with E-state index in [1.54, 1.807) is 0 Å². The monoisotopic (exact) mass is 281 g/mol. The molecule has 1 aliphatic carbocycles. The van der Waals surface area contributed by atoms with Crippen molar-refractivity contribution in [3.05, 3.63) is 5.69 Å². The first-order valence-electron chi connectivity index (χ1n) is 6.95. The molecule has 106 valence electrons. The van der Waals surface area contributed by atoms with Crippen LogP contribution >= 0.6 is 11.3 Å². The summed E-state index contributed by atoms with van der Waals surface area (Å²) in [4.78, 5) is 16.5. The Morgan fingerprint density at radius 1 is 1.32 bits per heavy atom. The molecule has 1 fully saturated rings. The molecule has 0 bridgehead atoms. The van der Waals surface area contributed by atoms with Crippen LogP contribution in [0, 0.1) is 5.41 Å². The molecular weight excluding hydrogens is 258 g/mol. The predicted octanol–water partition coefficient (Wildman–Crippen LogP) is 3.76. The third-order valence-corrected chi connectivity index (χ3v) is 4.39. The number of thiazole rings is 1. The van der Waals surface area contributed by atoms with Crippen molar-refractivity contribution in [3.8, 4) is 0 Å². The second-order valence-corrected chi connectivity index (χ2v) is 7.34. The van der Waals surface area contributed by atoms with Crippen LogP contribution in [-0.4, -0.2) is 10.9 Å². The van der Waals surface area contributed by atoms with Gasteiger partial charge >= 0.3 is 0 Å². The average molecular weight is 281 g/mol. The third kappa shape index (κ3) is 3.47. The van der Waals surface area contributed by atoms with E-state index >= 15 is 0 Å². The molecule has 0 unspecified atom stereocenters. The first-order chi connectivity index (χ1) is 8.88. The minimum Gasteiger partial charge on any atom is -0.389 e. The van der Waals surface area contributed by atoms with Crippen LogP contribution in [0.1, 0.15) is 64.5 Å². The summed E-state index contributed by atoms with van der Waals surface area (Å²) < 4.78 is 0. The van der Waals surface area contributed by atoms with Crippen molar-refractivity contribution in [2.24, 2.45) is 5.41 Å². The lowest BCUT2D eigenvalue weighted by atomic mass is 9.87. The summed E-state index contributed by atoms with van der Waals surface area (Å²) in [6.07, 6.45) is 6.16. The summed E-state index contributed by atoms with van der Waals surface area (Å²) >= 11 is 1.39. The maximum Gasteiger partial charge on any atom is 0.231 e. The smallest absolute Gasteiger partial charge is 0.231 e. The molecule has 2 rings (SSSR count).